The molecule has 4 heteroatoms. The average Bonchev–Trinajstić information content (AvgIpc) is 3.21. The average molecular weight is 260 g/mol. The van der Waals surface area contributed by atoms with Crippen LogP contribution in [0.5, 0.6) is 0 Å². The molecule has 1 N–H and O–H groups in total. The second kappa shape index (κ2) is 5.08. The lowest BCUT2D eigenvalue weighted by molar-refractivity contribution is 0.279. The zero-order valence-electron chi connectivity index (χ0n) is 12.0. The van der Waals surface area contributed by atoms with Crippen LogP contribution < -0.4 is 10.2 Å². The van der Waals surface area contributed by atoms with Crippen molar-refractivity contribution < 1.29 is 0 Å². The van der Waals surface area contributed by atoms with Gasteiger partial charge in [0.1, 0.15) is 5.82 Å². The molecule has 19 heavy (non-hydrogen) atoms. The second-order valence-electron chi connectivity index (χ2n) is 6.67. The number of aromatic nitrogens is 2. The Labute approximate surface area is 115 Å². The summed E-state index contributed by atoms with van der Waals surface area (Å²) in [5, 5.41) is 3.47. The van der Waals surface area contributed by atoms with Crippen molar-refractivity contribution in [2.45, 2.75) is 52.1 Å². The van der Waals surface area contributed by atoms with Crippen molar-refractivity contribution in [1.82, 2.24) is 15.3 Å². The van der Waals surface area contributed by atoms with Gasteiger partial charge in [0.2, 0.25) is 0 Å². The first-order valence-corrected chi connectivity index (χ1v) is 7.42. The summed E-state index contributed by atoms with van der Waals surface area (Å²) in [6.45, 7) is 7.75. The number of piperidine rings is 1. The van der Waals surface area contributed by atoms with E-state index in [1.54, 1.807) is 0 Å². The lowest BCUT2D eigenvalue weighted by Crippen LogP contribution is -2.37. The van der Waals surface area contributed by atoms with Gasteiger partial charge in [-0.15, -0.1) is 0 Å². The van der Waals surface area contributed by atoms with Crippen LogP contribution in [0.15, 0.2) is 12.4 Å². The predicted molar refractivity (Wildman–Crippen MR) is 77.1 cm³/mol. The first kappa shape index (κ1) is 12.9. The van der Waals surface area contributed by atoms with Crippen molar-refractivity contribution in [2.75, 3.05) is 18.0 Å². The second-order valence-corrected chi connectivity index (χ2v) is 6.67. The van der Waals surface area contributed by atoms with Crippen molar-refractivity contribution in [3.63, 3.8) is 0 Å². The molecule has 0 unspecified atom stereocenters. The molecular formula is C15H24N4. The predicted octanol–water partition coefficient (Wildman–Crippen LogP) is 2.36. The molecule has 1 aliphatic carbocycles. The highest BCUT2D eigenvalue weighted by atomic mass is 15.2. The first-order valence-electron chi connectivity index (χ1n) is 7.42. The van der Waals surface area contributed by atoms with E-state index in [4.69, 9.17) is 0 Å². The summed E-state index contributed by atoms with van der Waals surface area (Å²) < 4.78 is 0. The summed E-state index contributed by atoms with van der Waals surface area (Å²) in [5.41, 5.74) is 1.53. The SMILES string of the molecule is CC1(C)CCN(c2cnc(CNC3CC3)cn2)CC1. The molecule has 104 valence electrons. The molecule has 0 atom stereocenters. The fourth-order valence-corrected chi connectivity index (χ4v) is 2.48. The summed E-state index contributed by atoms with van der Waals surface area (Å²) >= 11 is 0. The fraction of sp³-hybridized carbons (Fsp3) is 0.733. The monoisotopic (exact) mass is 260 g/mol. The molecule has 1 aliphatic heterocycles. The number of hydrogen-bond acceptors (Lipinski definition) is 4. The molecule has 1 aromatic rings. The lowest BCUT2D eigenvalue weighted by Gasteiger charge is -2.37. The molecule has 2 fully saturated rings. The van der Waals surface area contributed by atoms with Crippen molar-refractivity contribution >= 4 is 5.82 Å². The van der Waals surface area contributed by atoms with Gasteiger partial charge >= 0.3 is 0 Å². The Balaban J connectivity index is 1.56. The quantitative estimate of drug-likeness (QED) is 0.902. The molecule has 1 aromatic heterocycles. The van der Waals surface area contributed by atoms with E-state index in [1.807, 2.05) is 12.4 Å². The van der Waals surface area contributed by atoms with Gasteiger partial charge in [0, 0.05) is 25.7 Å². The van der Waals surface area contributed by atoms with E-state index in [0.29, 0.717) is 5.41 Å². The van der Waals surface area contributed by atoms with Gasteiger partial charge < -0.3 is 10.2 Å². The minimum absolute atomic E-state index is 0.484. The van der Waals surface area contributed by atoms with Crippen LogP contribution >= 0.6 is 0 Å². The van der Waals surface area contributed by atoms with Gasteiger partial charge in [0.05, 0.1) is 18.1 Å². The fourth-order valence-electron chi connectivity index (χ4n) is 2.48. The van der Waals surface area contributed by atoms with E-state index in [2.05, 4.69) is 34.0 Å². The van der Waals surface area contributed by atoms with Crippen LogP contribution in [0.1, 0.15) is 45.2 Å². The van der Waals surface area contributed by atoms with Gasteiger partial charge in [-0.25, -0.2) is 4.98 Å². The smallest absolute Gasteiger partial charge is 0.147 e. The topological polar surface area (TPSA) is 41.1 Å². The van der Waals surface area contributed by atoms with Gasteiger partial charge in [-0.2, -0.15) is 0 Å². The third-order valence-electron chi connectivity index (χ3n) is 4.28. The molecule has 3 rings (SSSR count). The molecule has 2 heterocycles. The Bertz CT molecular complexity index is 412. The number of nitrogens with zero attached hydrogens (tertiary/aromatic N) is 3. The maximum atomic E-state index is 4.57. The normalized spacial score (nSPS) is 22.5. The minimum atomic E-state index is 0.484. The van der Waals surface area contributed by atoms with E-state index < -0.39 is 0 Å². The molecule has 1 saturated carbocycles. The molecule has 0 radical (unpaired) electrons. The summed E-state index contributed by atoms with van der Waals surface area (Å²) in [6, 6.07) is 0.728. The third-order valence-corrected chi connectivity index (χ3v) is 4.28. The van der Waals surface area contributed by atoms with Gasteiger partial charge in [-0.1, -0.05) is 13.8 Å². The van der Waals surface area contributed by atoms with E-state index >= 15 is 0 Å². The van der Waals surface area contributed by atoms with Crippen LogP contribution in [0.25, 0.3) is 0 Å². The van der Waals surface area contributed by atoms with Crippen LogP contribution in [0.2, 0.25) is 0 Å². The molecular weight excluding hydrogens is 236 g/mol. The highest BCUT2D eigenvalue weighted by Gasteiger charge is 2.26. The Morgan fingerprint density at radius 2 is 1.95 bits per heavy atom. The third kappa shape index (κ3) is 3.44. The maximum Gasteiger partial charge on any atom is 0.147 e. The standard InChI is InChI=1S/C15H24N4/c1-15(2)5-7-19(8-6-15)14-11-17-13(10-18-14)9-16-12-3-4-12/h10-12,16H,3-9H2,1-2H3. The van der Waals surface area contributed by atoms with Gasteiger partial charge in [-0.05, 0) is 31.1 Å². The molecule has 0 bridgehead atoms. The zero-order chi connectivity index (χ0) is 13.3. The van der Waals surface area contributed by atoms with Gasteiger partial charge in [0.25, 0.3) is 0 Å². The Morgan fingerprint density at radius 1 is 1.21 bits per heavy atom. The number of rotatable bonds is 4. The molecule has 0 aromatic carbocycles. The van der Waals surface area contributed by atoms with Crippen LogP contribution in [0.3, 0.4) is 0 Å². The lowest BCUT2D eigenvalue weighted by atomic mass is 9.83. The molecule has 1 saturated heterocycles. The summed E-state index contributed by atoms with van der Waals surface area (Å²) in [6.07, 6.45) is 8.95. The van der Waals surface area contributed by atoms with Crippen LogP contribution in [-0.2, 0) is 6.54 Å². The van der Waals surface area contributed by atoms with Crippen LogP contribution in [0.4, 0.5) is 5.82 Å². The van der Waals surface area contributed by atoms with Gasteiger partial charge in [-0.3, -0.25) is 4.98 Å². The number of hydrogen-bond donors (Lipinski definition) is 1. The Morgan fingerprint density at radius 3 is 2.53 bits per heavy atom. The van der Waals surface area contributed by atoms with Crippen LogP contribution in [-0.4, -0.2) is 29.1 Å². The van der Waals surface area contributed by atoms with Gasteiger partial charge in [0.15, 0.2) is 0 Å². The van der Waals surface area contributed by atoms with Crippen molar-refractivity contribution in [2.24, 2.45) is 5.41 Å². The Kier molecular flexibility index (Phi) is 3.44. The van der Waals surface area contributed by atoms with E-state index in [1.165, 1.54) is 25.7 Å². The highest BCUT2D eigenvalue weighted by Crippen LogP contribution is 2.31. The summed E-state index contributed by atoms with van der Waals surface area (Å²) in [4.78, 5) is 11.5. The Hall–Kier alpha value is -1.16. The van der Waals surface area contributed by atoms with Crippen molar-refractivity contribution in [3.8, 4) is 0 Å². The van der Waals surface area contributed by atoms with Crippen LogP contribution in [0, 0.1) is 5.41 Å². The number of nitrogens with one attached hydrogen (secondary N) is 1. The maximum absolute atomic E-state index is 4.57. The highest BCUT2D eigenvalue weighted by molar-refractivity contribution is 5.36. The summed E-state index contributed by atoms with van der Waals surface area (Å²) in [7, 11) is 0. The zero-order valence-corrected chi connectivity index (χ0v) is 12.0. The molecule has 0 spiro atoms. The molecule has 0 amide bonds. The number of anilines is 1. The largest absolute Gasteiger partial charge is 0.355 e. The van der Waals surface area contributed by atoms with E-state index in [-0.39, 0.29) is 0 Å². The molecule has 4 nitrogen and oxygen atoms in total. The molecule has 2 aliphatic rings. The van der Waals surface area contributed by atoms with E-state index in [9.17, 15) is 0 Å². The van der Waals surface area contributed by atoms with Crippen molar-refractivity contribution in [3.05, 3.63) is 18.1 Å². The first-order chi connectivity index (χ1) is 9.12. The minimum Gasteiger partial charge on any atom is -0.355 e. The summed E-state index contributed by atoms with van der Waals surface area (Å²) in [5.74, 6) is 1.03. The van der Waals surface area contributed by atoms with E-state index in [0.717, 1.165) is 37.2 Å². The van der Waals surface area contributed by atoms with Crippen molar-refractivity contribution in [1.29, 1.82) is 0 Å².